The van der Waals surface area contributed by atoms with Crippen LogP contribution in [0.2, 0.25) is 0 Å². The molecule has 0 atom stereocenters. The maximum absolute atomic E-state index is 12.3. The standard InChI is InChI=1S/C14H21N3O2S/c1-3-5-10-20(18,19)16(4-2)12-13-11-15-14-8-6-7-9-17(13)14/h6-9,11H,3-5,10,12H2,1-2H3. The summed E-state index contributed by atoms with van der Waals surface area (Å²) in [6.45, 7) is 4.71. The smallest absolute Gasteiger partial charge is 0.214 e. The first-order valence-electron chi connectivity index (χ1n) is 6.97. The Morgan fingerprint density at radius 1 is 1.30 bits per heavy atom. The summed E-state index contributed by atoms with van der Waals surface area (Å²) in [7, 11) is -3.19. The second-order valence-corrected chi connectivity index (χ2v) is 6.86. The van der Waals surface area contributed by atoms with Crippen LogP contribution >= 0.6 is 0 Å². The minimum absolute atomic E-state index is 0.216. The van der Waals surface area contributed by atoms with Crippen LogP contribution in [0.5, 0.6) is 0 Å². The van der Waals surface area contributed by atoms with E-state index in [1.807, 2.05) is 42.6 Å². The summed E-state index contributed by atoms with van der Waals surface area (Å²) < 4.78 is 28.0. The van der Waals surface area contributed by atoms with E-state index in [2.05, 4.69) is 4.98 Å². The van der Waals surface area contributed by atoms with Crippen LogP contribution in [0.1, 0.15) is 32.4 Å². The predicted molar refractivity (Wildman–Crippen MR) is 80.0 cm³/mol. The van der Waals surface area contributed by atoms with Crippen molar-refractivity contribution in [3.63, 3.8) is 0 Å². The Hall–Kier alpha value is -1.40. The first-order valence-corrected chi connectivity index (χ1v) is 8.58. The van der Waals surface area contributed by atoms with E-state index in [1.54, 1.807) is 6.20 Å². The van der Waals surface area contributed by atoms with Gasteiger partial charge in [-0.15, -0.1) is 0 Å². The summed E-state index contributed by atoms with van der Waals surface area (Å²) in [5.74, 6) is 0.216. The lowest BCUT2D eigenvalue weighted by Crippen LogP contribution is -2.32. The van der Waals surface area contributed by atoms with E-state index in [1.165, 1.54) is 4.31 Å². The molecule has 0 saturated heterocycles. The highest BCUT2D eigenvalue weighted by molar-refractivity contribution is 7.89. The SMILES string of the molecule is CCCCS(=O)(=O)N(CC)Cc1cnc2ccccn12. The van der Waals surface area contributed by atoms with Crippen molar-refractivity contribution >= 4 is 15.7 Å². The number of nitrogens with zero attached hydrogens (tertiary/aromatic N) is 3. The van der Waals surface area contributed by atoms with Crippen LogP contribution in [0.15, 0.2) is 30.6 Å². The highest BCUT2D eigenvalue weighted by Crippen LogP contribution is 2.13. The molecule has 0 aliphatic heterocycles. The van der Waals surface area contributed by atoms with Crippen LogP contribution < -0.4 is 0 Å². The fraction of sp³-hybridized carbons (Fsp3) is 0.500. The van der Waals surface area contributed by atoms with Gasteiger partial charge in [0.05, 0.1) is 24.2 Å². The van der Waals surface area contributed by atoms with E-state index >= 15 is 0 Å². The second kappa shape index (κ2) is 6.37. The summed E-state index contributed by atoms with van der Waals surface area (Å²) in [6.07, 6.45) is 5.23. The molecule has 0 N–H and O–H groups in total. The van der Waals surface area contributed by atoms with Crippen molar-refractivity contribution in [2.45, 2.75) is 33.2 Å². The third kappa shape index (κ3) is 3.19. The average molecular weight is 295 g/mol. The van der Waals surface area contributed by atoms with Crippen LogP contribution in [0.4, 0.5) is 0 Å². The van der Waals surface area contributed by atoms with Gasteiger partial charge in [0.2, 0.25) is 10.0 Å². The van der Waals surface area contributed by atoms with E-state index in [9.17, 15) is 8.42 Å². The summed E-state index contributed by atoms with van der Waals surface area (Å²) in [5.41, 5.74) is 1.73. The third-order valence-electron chi connectivity index (χ3n) is 3.33. The molecule has 0 bridgehead atoms. The molecule has 0 aliphatic carbocycles. The van der Waals surface area contributed by atoms with Gasteiger partial charge in [-0.05, 0) is 18.6 Å². The molecule has 0 aromatic carbocycles. The zero-order valence-electron chi connectivity index (χ0n) is 12.0. The molecular formula is C14H21N3O2S. The normalized spacial score (nSPS) is 12.3. The maximum atomic E-state index is 12.3. The van der Waals surface area contributed by atoms with Gasteiger partial charge in [-0.1, -0.05) is 26.3 Å². The molecule has 6 heteroatoms. The fourth-order valence-electron chi connectivity index (χ4n) is 2.15. The summed E-state index contributed by atoms with van der Waals surface area (Å²) >= 11 is 0. The lowest BCUT2D eigenvalue weighted by molar-refractivity contribution is 0.417. The predicted octanol–water partition coefficient (Wildman–Crippen LogP) is 2.29. The Kier molecular flexibility index (Phi) is 4.77. The summed E-state index contributed by atoms with van der Waals surface area (Å²) in [5, 5.41) is 0. The third-order valence-corrected chi connectivity index (χ3v) is 5.31. The lowest BCUT2D eigenvalue weighted by atomic mass is 10.4. The van der Waals surface area contributed by atoms with Crippen molar-refractivity contribution in [3.8, 4) is 0 Å². The highest BCUT2D eigenvalue weighted by atomic mass is 32.2. The number of fused-ring (bicyclic) bond motifs is 1. The van der Waals surface area contributed by atoms with E-state index < -0.39 is 10.0 Å². The van der Waals surface area contributed by atoms with Crippen LogP contribution in [0, 0.1) is 0 Å². The van der Waals surface area contributed by atoms with Gasteiger partial charge in [-0.25, -0.2) is 13.4 Å². The molecule has 0 spiro atoms. The fourth-order valence-corrected chi connectivity index (χ4v) is 3.78. The van der Waals surface area contributed by atoms with Gasteiger partial charge >= 0.3 is 0 Å². The van der Waals surface area contributed by atoms with Crippen LogP contribution in [0.25, 0.3) is 5.65 Å². The Morgan fingerprint density at radius 3 is 2.80 bits per heavy atom. The lowest BCUT2D eigenvalue weighted by Gasteiger charge is -2.20. The van der Waals surface area contributed by atoms with E-state index in [0.717, 1.165) is 17.8 Å². The van der Waals surface area contributed by atoms with Gasteiger partial charge in [0.15, 0.2) is 0 Å². The Labute approximate surface area is 120 Å². The number of aromatic nitrogens is 2. The quantitative estimate of drug-likeness (QED) is 0.787. The van der Waals surface area contributed by atoms with Gasteiger partial charge in [-0.2, -0.15) is 4.31 Å². The summed E-state index contributed by atoms with van der Waals surface area (Å²) in [4.78, 5) is 4.29. The number of pyridine rings is 1. The molecule has 2 rings (SSSR count). The van der Waals surface area contributed by atoms with E-state index in [-0.39, 0.29) is 5.75 Å². The molecule has 0 amide bonds. The number of rotatable bonds is 7. The maximum Gasteiger partial charge on any atom is 0.214 e. The summed E-state index contributed by atoms with van der Waals surface area (Å²) in [6, 6.07) is 5.74. The van der Waals surface area contributed by atoms with Crippen molar-refractivity contribution < 1.29 is 8.42 Å². The zero-order chi connectivity index (χ0) is 14.6. The van der Waals surface area contributed by atoms with Gasteiger partial charge in [0, 0.05) is 12.7 Å². The Bertz CT molecular complexity index is 664. The van der Waals surface area contributed by atoms with Crippen molar-refractivity contribution in [2.75, 3.05) is 12.3 Å². The second-order valence-electron chi connectivity index (χ2n) is 4.77. The van der Waals surface area contributed by atoms with E-state index in [0.29, 0.717) is 19.5 Å². The Balaban J connectivity index is 2.22. The molecule has 2 heterocycles. The molecule has 0 aliphatic rings. The molecule has 2 aromatic rings. The molecule has 0 fully saturated rings. The van der Waals surface area contributed by atoms with Gasteiger partial charge < -0.3 is 4.40 Å². The van der Waals surface area contributed by atoms with Crippen LogP contribution in [-0.4, -0.2) is 34.4 Å². The average Bonchev–Trinajstić information content (AvgIpc) is 2.85. The first-order chi connectivity index (χ1) is 9.58. The minimum Gasteiger partial charge on any atom is -0.303 e. The molecule has 2 aromatic heterocycles. The van der Waals surface area contributed by atoms with Gasteiger partial charge in [-0.3, -0.25) is 0 Å². The number of unbranched alkanes of at least 4 members (excludes halogenated alkanes) is 1. The molecule has 110 valence electrons. The zero-order valence-corrected chi connectivity index (χ0v) is 12.8. The highest BCUT2D eigenvalue weighted by Gasteiger charge is 2.21. The molecule has 5 nitrogen and oxygen atoms in total. The molecule has 0 unspecified atom stereocenters. The molecule has 0 saturated carbocycles. The number of sulfonamides is 1. The van der Waals surface area contributed by atoms with Gasteiger partial charge in [0.1, 0.15) is 5.65 Å². The largest absolute Gasteiger partial charge is 0.303 e. The Morgan fingerprint density at radius 2 is 2.10 bits per heavy atom. The van der Waals surface area contributed by atoms with Crippen LogP contribution in [-0.2, 0) is 16.6 Å². The minimum atomic E-state index is -3.19. The molecule has 20 heavy (non-hydrogen) atoms. The van der Waals surface area contributed by atoms with E-state index in [4.69, 9.17) is 0 Å². The monoisotopic (exact) mass is 295 g/mol. The van der Waals surface area contributed by atoms with Crippen molar-refractivity contribution in [3.05, 3.63) is 36.3 Å². The number of imidazole rings is 1. The van der Waals surface area contributed by atoms with Crippen molar-refractivity contribution in [1.82, 2.24) is 13.7 Å². The first kappa shape index (κ1) is 15.0. The van der Waals surface area contributed by atoms with Crippen LogP contribution in [0.3, 0.4) is 0 Å². The molecular weight excluding hydrogens is 274 g/mol. The molecule has 0 radical (unpaired) electrons. The number of hydrogen-bond donors (Lipinski definition) is 0. The van der Waals surface area contributed by atoms with Crippen molar-refractivity contribution in [1.29, 1.82) is 0 Å². The topological polar surface area (TPSA) is 54.7 Å². The van der Waals surface area contributed by atoms with Gasteiger partial charge in [0.25, 0.3) is 0 Å². The van der Waals surface area contributed by atoms with Crippen molar-refractivity contribution in [2.24, 2.45) is 0 Å². The number of hydrogen-bond acceptors (Lipinski definition) is 3.